The van der Waals surface area contributed by atoms with Crippen molar-refractivity contribution < 1.29 is 14.6 Å². The zero-order chi connectivity index (χ0) is 19.2. The highest BCUT2D eigenvalue weighted by molar-refractivity contribution is 5.67. The molecule has 7 heteroatoms. The molecule has 1 aromatic heterocycles. The Balaban J connectivity index is 1.58. The molecule has 0 atom stereocenters. The minimum Gasteiger partial charge on any atom is -0.507 e. The monoisotopic (exact) mass is 370 g/mol. The Kier molecular flexibility index (Phi) is 6.11. The molecule has 2 aromatic rings. The molecule has 1 fully saturated rings. The number of nitrogens with zero attached hydrogens (tertiary/aromatic N) is 3. The van der Waals surface area contributed by atoms with Gasteiger partial charge in [0, 0.05) is 25.3 Å². The molecule has 0 saturated carbocycles. The first-order valence-electron chi connectivity index (χ1n) is 9.32. The van der Waals surface area contributed by atoms with Gasteiger partial charge in [0.25, 0.3) is 0 Å². The minimum atomic E-state index is -0.342. The highest BCUT2D eigenvalue weighted by atomic mass is 16.5. The molecule has 27 heavy (non-hydrogen) atoms. The summed E-state index contributed by atoms with van der Waals surface area (Å²) in [4.78, 5) is 22.9. The summed E-state index contributed by atoms with van der Waals surface area (Å²) in [7, 11) is 0. The van der Waals surface area contributed by atoms with Gasteiger partial charge in [-0.2, -0.15) is 0 Å². The first-order chi connectivity index (χ1) is 13.0. The fourth-order valence-corrected chi connectivity index (χ4v) is 3.02. The van der Waals surface area contributed by atoms with Gasteiger partial charge in [-0.1, -0.05) is 26.0 Å². The van der Waals surface area contributed by atoms with E-state index in [1.807, 2.05) is 26.0 Å². The number of ether oxygens (including phenoxy) is 1. The van der Waals surface area contributed by atoms with Crippen LogP contribution in [0.4, 0.5) is 10.6 Å². The van der Waals surface area contributed by atoms with E-state index in [1.54, 1.807) is 24.4 Å². The zero-order valence-corrected chi connectivity index (χ0v) is 15.8. The van der Waals surface area contributed by atoms with Crippen LogP contribution < -0.4 is 10.2 Å². The summed E-state index contributed by atoms with van der Waals surface area (Å²) in [6.07, 6.45) is 3.02. The van der Waals surface area contributed by atoms with E-state index in [2.05, 4.69) is 20.2 Å². The number of para-hydroxylation sites is 1. The van der Waals surface area contributed by atoms with Crippen LogP contribution in [0.5, 0.6) is 5.75 Å². The van der Waals surface area contributed by atoms with Gasteiger partial charge < -0.3 is 20.1 Å². The maximum atomic E-state index is 11.8. The Morgan fingerprint density at radius 1 is 1.30 bits per heavy atom. The first-order valence-corrected chi connectivity index (χ1v) is 9.32. The summed E-state index contributed by atoms with van der Waals surface area (Å²) < 4.78 is 5.19. The molecule has 7 nitrogen and oxygen atoms in total. The molecule has 1 aliphatic heterocycles. The van der Waals surface area contributed by atoms with E-state index in [-0.39, 0.29) is 17.9 Å². The Labute approximate surface area is 159 Å². The smallest absolute Gasteiger partial charge is 0.407 e. The quantitative estimate of drug-likeness (QED) is 0.840. The standard InChI is InChI=1S/C20H26N4O3/c1-14(2)13-27-20(26)22-15-8-11-24(12-9-15)18-7-10-21-19(23-18)16-5-3-4-6-17(16)25/h3-7,10,14-15,25H,8-9,11-13H2,1-2H3,(H,22,26). The first kappa shape index (κ1) is 18.9. The summed E-state index contributed by atoms with van der Waals surface area (Å²) in [6.45, 7) is 6.02. The lowest BCUT2D eigenvalue weighted by Gasteiger charge is -2.33. The average Bonchev–Trinajstić information content (AvgIpc) is 2.67. The predicted molar refractivity (Wildman–Crippen MR) is 104 cm³/mol. The molecule has 1 aliphatic rings. The molecule has 1 aromatic carbocycles. The molecule has 0 unspecified atom stereocenters. The van der Waals surface area contributed by atoms with Crippen molar-refractivity contribution in [2.24, 2.45) is 5.92 Å². The third kappa shape index (κ3) is 5.09. The van der Waals surface area contributed by atoms with Crippen LogP contribution in [0, 0.1) is 5.92 Å². The fourth-order valence-electron chi connectivity index (χ4n) is 3.02. The van der Waals surface area contributed by atoms with Crippen LogP contribution in [-0.4, -0.2) is 46.9 Å². The molecular formula is C20H26N4O3. The maximum absolute atomic E-state index is 11.8. The molecule has 1 saturated heterocycles. The van der Waals surface area contributed by atoms with Crippen LogP contribution in [0.15, 0.2) is 36.5 Å². The molecule has 1 amide bonds. The van der Waals surface area contributed by atoms with Crippen molar-refractivity contribution in [3.63, 3.8) is 0 Å². The van der Waals surface area contributed by atoms with E-state index in [0.29, 0.717) is 23.9 Å². The van der Waals surface area contributed by atoms with Gasteiger partial charge in [0.1, 0.15) is 11.6 Å². The topological polar surface area (TPSA) is 87.6 Å². The second-order valence-corrected chi connectivity index (χ2v) is 7.15. The maximum Gasteiger partial charge on any atom is 0.407 e. The predicted octanol–water partition coefficient (Wildman–Crippen LogP) is 3.20. The lowest BCUT2D eigenvalue weighted by atomic mass is 10.1. The van der Waals surface area contributed by atoms with Gasteiger partial charge in [0.15, 0.2) is 5.82 Å². The number of amides is 1. The number of carbonyl (C=O) groups excluding carboxylic acids is 1. The second kappa shape index (κ2) is 8.70. The van der Waals surface area contributed by atoms with Gasteiger partial charge in [-0.15, -0.1) is 0 Å². The summed E-state index contributed by atoms with van der Waals surface area (Å²) in [5.41, 5.74) is 0.615. The number of nitrogens with one attached hydrogen (secondary N) is 1. The molecular weight excluding hydrogens is 344 g/mol. The number of rotatable bonds is 5. The number of phenols is 1. The molecule has 3 rings (SSSR count). The molecule has 0 aliphatic carbocycles. The van der Waals surface area contributed by atoms with Crippen molar-refractivity contribution >= 4 is 11.9 Å². The van der Waals surface area contributed by atoms with E-state index in [0.717, 1.165) is 31.7 Å². The van der Waals surface area contributed by atoms with Gasteiger partial charge in [-0.25, -0.2) is 14.8 Å². The lowest BCUT2D eigenvalue weighted by molar-refractivity contribution is 0.128. The van der Waals surface area contributed by atoms with Crippen LogP contribution in [0.3, 0.4) is 0 Å². The van der Waals surface area contributed by atoms with E-state index < -0.39 is 0 Å². The normalized spacial score (nSPS) is 15.0. The Hall–Kier alpha value is -2.83. The minimum absolute atomic E-state index is 0.111. The number of aromatic nitrogens is 2. The fraction of sp³-hybridized carbons (Fsp3) is 0.450. The van der Waals surface area contributed by atoms with Crippen molar-refractivity contribution in [1.29, 1.82) is 0 Å². The molecule has 2 N–H and O–H groups in total. The molecule has 0 radical (unpaired) electrons. The van der Waals surface area contributed by atoms with Crippen molar-refractivity contribution in [3.8, 4) is 17.1 Å². The van der Waals surface area contributed by atoms with Crippen LogP contribution in [0.2, 0.25) is 0 Å². The number of aromatic hydroxyl groups is 1. The van der Waals surface area contributed by atoms with E-state index in [4.69, 9.17) is 4.74 Å². The Bertz CT molecular complexity index is 773. The second-order valence-electron chi connectivity index (χ2n) is 7.15. The largest absolute Gasteiger partial charge is 0.507 e. The molecule has 0 bridgehead atoms. The third-order valence-corrected chi connectivity index (χ3v) is 4.47. The number of piperidine rings is 1. The third-order valence-electron chi connectivity index (χ3n) is 4.47. The van der Waals surface area contributed by atoms with E-state index in [1.165, 1.54) is 0 Å². The number of alkyl carbamates (subject to hydrolysis) is 1. The molecule has 0 spiro atoms. The van der Waals surface area contributed by atoms with Gasteiger partial charge in [-0.05, 0) is 37.0 Å². The van der Waals surface area contributed by atoms with Gasteiger partial charge in [-0.3, -0.25) is 0 Å². The van der Waals surface area contributed by atoms with Crippen LogP contribution in [-0.2, 0) is 4.74 Å². The number of anilines is 1. The van der Waals surface area contributed by atoms with Gasteiger partial charge in [0.05, 0.1) is 12.2 Å². The van der Waals surface area contributed by atoms with Crippen LogP contribution in [0.1, 0.15) is 26.7 Å². The van der Waals surface area contributed by atoms with Crippen LogP contribution in [0.25, 0.3) is 11.4 Å². The number of hydrogen-bond donors (Lipinski definition) is 2. The highest BCUT2D eigenvalue weighted by Gasteiger charge is 2.22. The number of phenolic OH excluding ortho intramolecular Hbond substituents is 1. The average molecular weight is 370 g/mol. The Morgan fingerprint density at radius 2 is 2.04 bits per heavy atom. The van der Waals surface area contributed by atoms with Crippen molar-refractivity contribution in [2.75, 3.05) is 24.6 Å². The summed E-state index contributed by atoms with van der Waals surface area (Å²) >= 11 is 0. The molecule has 2 heterocycles. The summed E-state index contributed by atoms with van der Waals surface area (Å²) in [5, 5.41) is 13.0. The van der Waals surface area contributed by atoms with E-state index >= 15 is 0 Å². The number of carbonyl (C=O) groups is 1. The van der Waals surface area contributed by atoms with Crippen molar-refractivity contribution in [3.05, 3.63) is 36.5 Å². The van der Waals surface area contributed by atoms with Gasteiger partial charge >= 0.3 is 6.09 Å². The zero-order valence-electron chi connectivity index (χ0n) is 15.8. The van der Waals surface area contributed by atoms with Crippen LogP contribution >= 0.6 is 0 Å². The Morgan fingerprint density at radius 3 is 2.74 bits per heavy atom. The number of benzene rings is 1. The summed E-state index contributed by atoms with van der Waals surface area (Å²) in [5.74, 6) is 1.82. The lowest BCUT2D eigenvalue weighted by Crippen LogP contribution is -2.45. The highest BCUT2D eigenvalue weighted by Crippen LogP contribution is 2.27. The van der Waals surface area contributed by atoms with Gasteiger partial charge in [0.2, 0.25) is 0 Å². The summed E-state index contributed by atoms with van der Waals surface area (Å²) in [6, 6.07) is 9.02. The SMILES string of the molecule is CC(C)COC(=O)NC1CCN(c2ccnc(-c3ccccc3O)n2)CC1. The molecule has 144 valence electrons. The van der Waals surface area contributed by atoms with Crippen molar-refractivity contribution in [2.45, 2.75) is 32.7 Å². The van der Waals surface area contributed by atoms with E-state index in [9.17, 15) is 9.90 Å². The number of hydrogen-bond acceptors (Lipinski definition) is 6. The van der Waals surface area contributed by atoms with Crippen molar-refractivity contribution in [1.82, 2.24) is 15.3 Å².